The number of esters is 2. The Hall–Kier alpha value is -5.50. The molecule has 52 heavy (non-hydrogen) atoms. The average Bonchev–Trinajstić information content (AvgIpc) is 3.10. The van der Waals surface area contributed by atoms with Crippen LogP contribution in [-0.4, -0.2) is 73.2 Å². The van der Waals surface area contributed by atoms with Gasteiger partial charge in [0.2, 0.25) is 0 Å². The van der Waals surface area contributed by atoms with Gasteiger partial charge in [0, 0.05) is 33.4 Å². The second kappa shape index (κ2) is 13.9. The zero-order valence-corrected chi connectivity index (χ0v) is 27.5. The number of alkyl halides is 4. The number of hydrogen-bond acceptors (Lipinski definition) is 11. The van der Waals surface area contributed by atoms with Crippen molar-refractivity contribution in [2.24, 2.45) is 0 Å². The van der Waals surface area contributed by atoms with Gasteiger partial charge in [-0.2, -0.15) is 34.4 Å². The van der Waals surface area contributed by atoms with E-state index < -0.39 is 73.4 Å². The van der Waals surface area contributed by atoms with Crippen molar-refractivity contribution >= 4 is 43.7 Å². The monoisotopic (exact) mass is 766 g/mol. The molecule has 0 spiro atoms. The van der Waals surface area contributed by atoms with Gasteiger partial charge in [-0.15, -0.1) is 0 Å². The van der Waals surface area contributed by atoms with Crippen LogP contribution in [0, 0.1) is 0 Å². The van der Waals surface area contributed by atoms with Gasteiger partial charge in [0.15, 0.2) is 24.8 Å². The van der Waals surface area contributed by atoms with Crippen molar-refractivity contribution in [3.05, 3.63) is 130 Å². The van der Waals surface area contributed by atoms with Gasteiger partial charge >= 0.3 is 42.7 Å². The Morgan fingerprint density at radius 1 is 0.635 bits per heavy atom. The fourth-order valence-corrected chi connectivity index (χ4v) is 5.43. The predicted molar refractivity (Wildman–Crippen MR) is 169 cm³/mol. The molecule has 0 bridgehead atoms. The summed E-state index contributed by atoms with van der Waals surface area (Å²) in [4.78, 5) is 49.3. The largest absolute Gasteiger partial charge is 0.457 e. The average molecular weight is 767 g/mol. The molecule has 2 aliphatic rings. The Labute approximate surface area is 291 Å². The molecule has 0 amide bonds. The summed E-state index contributed by atoms with van der Waals surface area (Å²) in [5, 5.41) is -9.27. The first-order valence-electron chi connectivity index (χ1n) is 14.4. The Kier molecular flexibility index (Phi) is 10.1. The minimum atomic E-state index is -5.75. The predicted octanol–water partition coefficient (Wildman–Crippen LogP) is 5.05. The van der Waals surface area contributed by atoms with Gasteiger partial charge in [-0.25, -0.2) is 4.79 Å². The highest BCUT2D eigenvalue weighted by atomic mass is 32.2. The number of ether oxygens (including phenoxy) is 3. The van der Waals surface area contributed by atoms with Crippen LogP contribution in [0.1, 0.15) is 59.2 Å². The fourth-order valence-electron chi connectivity index (χ4n) is 5.01. The molecule has 4 aromatic rings. The zero-order chi connectivity index (χ0) is 38.2. The number of halogens is 4. The van der Waals surface area contributed by atoms with E-state index in [2.05, 4.69) is 9.47 Å². The Bertz CT molecular complexity index is 2300. The molecule has 272 valence electrons. The van der Waals surface area contributed by atoms with Crippen LogP contribution >= 0.6 is 0 Å². The molecule has 0 unspecified atom stereocenters. The maximum Gasteiger partial charge on any atom is 0.402 e. The van der Waals surface area contributed by atoms with Crippen molar-refractivity contribution in [2.75, 3.05) is 13.2 Å². The van der Waals surface area contributed by atoms with Gasteiger partial charge in [0.1, 0.15) is 17.4 Å². The van der Waals surface area contributed by atoms with Crippen molar-refractivity contribution in [2.45, 2.75) is 16.4 Å². The lowest BCUT2D eigenvalue weighted by Crippen LogP contribution is -2.35. The van der Waals surface area contributed by atoms with Gasteiger partial charge in [0.25, 0.3) is 0 Å². The normalized spacial score (nSPS) is 14.0. The number of para-hydroxylation sites is 2. The Morgan fingerprint density at radius 2 is 1.06 bits per heavy atom. The molecule has 6 rings (SSSR count). The maximum atomic E-state index is 13.3. The molecule has 0 fully saturated rings. The second-order valence-electron chi connectivity index (χ2n) is 11.0. The van der Waals surface area contributed by atoms with Crippen LogP contribution in [0.25, 0.3) is 0 Å². The van der Waals surface area contributed by atoms with Crippen LogP contribution < -0.4 is 4.74 Å². The highest BCUT2D eigenvalue weighted by Crippen LogP contribution is 2.44. The first-order chi connectivity index (χ1) is 24.2. The van der Waals surface area contributed by atoms with E-state index in [1.807, 2.05) is 0 Å². The molecule has 0 atom stereocenters. The Morgan fingerprint density at radius 3 is 1.56 bits per heavy atom. The number of fused-ring (bicyclic) bond motifs is 4. The zero-order valence-electron chi connectivity index (χ0n) is 25.9. The first-order valence-corrected chi connectivity index (χ1v) is 17.3. The van der Waals surface area contributed by atoms with Crippen molar-refractivity contribution in [1.29, 1.82) is 0 Å². The summed E-state index contributed by atoms with van der Waals surface area (Å²) in [7, 11) is -11.4. The number of benzene rings is 4. The number of carbonyl (C=O) groups excluding carboxylic acids is 4. The first kappa shape index (κ1) is 37.7. The summed E-state index contributed by atoms with van der Waals surface area (Å²) >= 11 is 0. The van der Waals surface area contributed by atoms with Crippen molar-refractivity contribution in [3.8, 4) is 11.5 Å². The van der Waals surface area contributed by atoms with E-state index in [0.717, 1.165) is 12.1 Å². The van der Waals surface area contributed by atoms with Crippen LogP contribution in [0.15, 0.2) is 91.0 Å². The van der Waals surface area contributed by atoms with Crippen LogP contribution in [0.2, 0.25) is 0 Å². The number of rotatable bonds is 8. The SMILES string of the molecule is O=C(OCC(F)(F)S(=O)(=O)O)C1c2ccccc2Oc2ccccc21.O=C(OCC(F)(F)S(=O)(=O)O)c1ccc2c(c1)C(=O)c1ccccc1C2=O. The standard InChI is InChI=1S/C17H10F2O7S.C16H12F2O6S/c18-17(19,27(23,24)25)8-26-16(22)9-5-6-12-13(7-9)15(21)11-4-2-1-3-10(11)14(12)20;17-16(18,25(20,21)22)9-23-15(19)14-10-5-1-3-7-12(10)24-13-8-4-2-6-11(13)14/h1-7H,8H2,(H,23,24,25);1-8,14H,9H2,(H,20,21,22). The van der Waals surface area contributed by atoms with E-state index in [9.17, 15) is 53.6 Å². The topological polar surface area (TPSA) is 205 Å². The minimum absolute atomic E-state index is 0.0403. The highest BCUT2D eigenvalue weighted by Gasteiger charge is 2.47. The molecule has 19 heteroatoms. The molecule has 0 aromatic heterocycles. The van der Waals surface area contributed by atoms with E-state index in [1.54, 1.807) is 60.7 Å². The summed E-state index contributed by atoms with van der Waals surface area (Å²) in [6.07, 6.45) is 0. The lowest BCUT2D eigenvalue weighted by Gasteiger charge is -2.27. The summed E-state index contributed by atoms with van der Waals surface area (Å²) in [5.74, 6) is -3.71. The third kappa shape index (κ3) is 7.42. The molecule has 0 saturated carbocycles. The highest BCUT2D eigenvalue weighted by molar-refractivity contribution is 7.87. The van der Waals surface area contributed by atoms with Gasteiger partial charge in [0.05, 0.1) is 5.56 Å². The smallest absolute Gasteiger partial charge is 0.402 e. The third-order valence-corrected chi connectivity index (χ3v) is 9.33. The van der Waals surface area contributed by atoms with Crippen LogP contribution in [0.5, 0.6) is 11.5 Å². The summed E-state index contributed by atoms with van der Waals surface area (Å²) in [5.41, 5.74) is 0.757. The lowest BCUT2D eigenvalue weighted by molar-refractivity contribution is -0.150. The van der Waals surface area contributed by atoms with Crippen molar-refractivity contribution < 1.29 is 76.9 Å². The number of ketones is 2. The van der Waals surface area contributed by atoms with Crippen LogP contribution in [0.4, 0.5) is 17.6 Å². The van der Waals surface area contributed by atoms with E-state index in [1.165, 1.54) is 18.2 Å². The number of hydrogen-bond donors (Lipinski definition) is 2. The maximum absolute atomic E-state index is 13.3. The summed E-state index contributed by atoms with van der Waals surface area (Å²) in [6.45, 7) is -3.69. The molecular formula is C33H22F4O13S2. The molecule has 2 N–H and O–H groups in total. The van der Waals surface area contributed by atoms with Gasteiger partial charge in [-0.05, 0) is 30.3 Å². The molecular weight excluding hydrogens is 744 g/mol. The molecule has 13 nitrogen and oxygen atoms in total. The summed E-state index contributed by atoms with van der Waals surface area (Å²) < 4.78 is 126. The molecule has 1 aliphatic heterocycles. The third-order valence-electron chi connectivity index (χ3n) is 7.59. The summed E-state index contributed by atoms with van der Waals surface area (Å²) in [6, 6.07) is 22.4. The quantitative estimate of drug-likeness (QED) is 0.121. The van der Waals surface area contributed by atoms with Gasteiger partial charge in [-0.1, -0.05) is 60.7 Å². The molecule has 0 saturated heterocycles. The second-order valence-corrected chi connectivity index (χ2v) is 14.1. The van der Waals surface area contributed by atoms with E-state index in [4.69, 9.17) is 13.8 Å². The molecule has 4 aromatic carbocycles. The number of carbonyl (C=O) groups is 4. The van der Waals surface area contributed by atoms with Crippen LogP contribution in [0.3, 0.4) is 0 Å². The van der Waals surface area contributed by atoms with Crippen LogP contribution in [-0.2, 0) is 34.5 Å². The van der Waals surface area contributed by atoms with Crippen molar-refractivity contribution in [1.82, 2.24) is 0 Å². The van der Waals surface area contributed by atoms with Crippen molar-refractivity contribution in [3.63, 3.8) is 0 Å². The molecule has 1 heterocycles. The lowest BCUT2D eigenvalue weighted by atomic mass is 9.83. The van der Waals surface area contributed by atoms with Gasteiger partial charge in [-0.3, -0.25) is 23.5 Å². The minimum Gasteiger partial charge on any atom is -0.457 e. The van der Waals surface area contributed by atoms with E-state index >= 15 is 0 Å². The van der Waals surface area contributed by atoms with Gasteiger partial charge < -0.3 is 14.2 Å². The van der Waals surface area contributed by atoms with E-state index in [0.29, 0.717) is 22.6 Å². The van der Waals surface area contributed by atoms with E-state index in [-0.39, 0.29) is 27.8 Å². The fraction of sp³-hybridized carbons (Fsp3) is 0.152. The molecule has 1 aliphatic carbocycles. The molecule has 0 radical (unpaired) electrons. The Balaban J connectivity index is 0.000000202.